The first-order valence-corrected chi connectivity index (χ1v) is 9.43. The normalized spacial score (nSPS) is 25.0. The van der Waals surface area contributed by atoms with Crippen molar-refractivity contribution in [2.45, 2.75) is 58.9 Å². The molecule has 0 saturated carbocycles. The highest BCUT2D eigenvalue weighted by Gasteiger charge is 2.33. The minimum Gasteiger partial charge on any atom is -0.342 e. The second-order valence-electron chi connectivity index (χ2n) is 7.42. The molecule has 0 N–H and O–H groups in total. The number of aromatic nitrogens is 2. The van der Waals surface area contributed by atoms with E-state index in [2.05, 4.69) is 33.8 Å². The Bertz CT molecular complexity index is 551. The summed E-state index contributed by atoms with van der Waals surface area (Å²) in [7, 11) is 0. The highest BCUT2D eigenvalue weighted by Crippen LogP contribution is 2.28. The van der Waals surface area contributed by atoms with E-state index in [0.717, 1.165) is 70.0 Å². The predicted molar refractivity (Wildman–Crippen MR) is 91.4 cm³/mol. The number of nitrogens with zero attached hydrogens (tertiary/aromatic N) is 4. The van der Waals surface area contributed by atoms with E-state index in [4.69, 9.17) is 4.52 Å². The van der Waals surface area contributed by atoms with E-state index in [0.29, 0.717) is 11.8 Å². The zero-order valence-electron chi connectivity index (χ0n) is 15.2. The number of carbonyl (C=O) groups is 1. The summed E-state index contributed by atoms with van der Waals surface area (Å²) in [5.74, 6) is 2.64. The maximum absolute atomic E-state index is 12.9. The molecule has 6 nitrogen and oxygen atoms in total. The molecule has 0 aromatic carbocycles. The fraction of sp³-hybridized carbons (Fsp3) is 0.833. The van der Waals surface area contributed by atoms with E-state index in [1.165, 1.54) is 0 Å². The molecule has 0 unspecified atom stereocenters. The van der Waals surface area contributed by atoms with Gasteiger partial charge in [-0.2, -0.15) is 4.98 Å². The first-order chi connectivity index (χ1) is 11.6. The van der Waals surface area contributed by atoms with Gasteiger partial charge in [-0.05, 0) is 45.1 Å². The van der Waals surface area contributed by atoms with Crippen LogP contribution in [0, 0.1) is 11.8 Å². The second-order valence-corrected chi connectivity index (χ2v) is 7.42. The van der Waals surface area contributed by atoms with Crippen molar-refractivity contribution in [2.24, 2.45) is 11.8 Å². The van der Waals surface area contributed by atoms with Crippen molar-refractivity contribution < 1.29 is 9.32 Å². The molecule has 3 rings (SSSR count). The van der Waals surface area contributed by atoms with Gasteiger partial charge in [0, 0.05) is 26.1 Å². The van der Waals surface area contributed by atoms with Gasteiger partial charge in [-0.25, -0.2) is 0 Å². The van der Waals surface area contributed by atoms with E-state index < -0.39 is 0 Å². The van der Waals surface area contributed by atoms with Crippen molar-refractivity contribution in [3.63, 3.8) is 0 Å². The monoisotopic (exact) mass is 334 g/mol. The van der Waals surface area contributed by atoms with Crippen LogP contribution in [-0.2, 0) is 11.2 Å². The fourth-order valence-electron chi connectivity index (χ4n) is 3.78. The number of piperidine rings is 2. The number of hydrogen-bond donors (Lipinski definition) is 0. The van der Waals surface area contributed by atoms with Gasteiger partial charge in [0.25, 0.3) is 0 Å². The number of aryl methyl sites for hydroxylation is 1. The van der Waals surface area contributed by atoms with Crippen molar-refractivity contribution in [1.82, 2.24) is 19.9 Å². The number of carbonyl (C=O) groups excluding carboxylic acids is 1. The zero-order valence-corrected chi connectivity index (χ0v) is 15.2. The highest BCUT2D eigenvalue weighted by atomic mass is 16.5. The van der Waals surface area contributed by atoms with Crippen LogP contribution in [0.4, 0.5) is 0 Å². The summed E-state index contributed by atoms with van der Waals surface area (Å²) < 4.78 is 5.40. The molecule has 1 aromatic heterocycles. The molecular formula is C18H30N4O2. The molecule has 1 amide bonds. The Labute approximate surface area is 144 Å². The summed E-state index contributed by atoms with van der Waals surface area (Å²) in [6.45, 7) is 10.0. The van der Waals surface area contributed by atoms with Crippen LogP contribution in [0.15, 0.2) is 4.52 Å². The van der Waals surface area contributed by atoms with E-state index in [-0.39, 0.29) is 12.0 Å². The SMILES string of the molecule is CCc1noc([C@H](C)N2CCC[C@H](C(=O)N3CCC(C)CC3)C2)n1. The molecule has 2 atom stereocenters. The lowest BCUT2D eigenvalue weighted by atomic mass is 9.93. The molecular weight excluding hydrogens is 304 g/mol. The zero-order chi connectivity index (χ0) is 17.1. The smallest absolute Gasteiger partial charge is 0.243 e. The van der Waals surface area contributed by atoms with Crippen molar-refractivity contribution in [3.8, 4) is 0 Å². The first kappa shape index (κ1) is 17.4. The Kier molecular flexibility index (Phi) is 5.54. The lowest BCUT2D eigenvalue weighted by Gasteiger charge is -2.38. The molecule has 2 saturated heterocycles. The summed E-state index contributed by atoms with van der Waals surface area (Å²) in [5.41, 5.74) is 0. The van der Waals surface area contributed by atoms with Crippen LogP contribution in [0.3, 0.4) is 0 Å². The quantitative estimate of drug-likeness (QED) is 0.847. The highest BCUT2D eigenvalue weighted by molar-refractivity contribution is 5.79. The van der Waals surface area contributed by atoms with Gasteiger partial charge in [-0.1, -0.05) is 19.0 Å². The van der Waals surface area contributed by atoms with E-state index in [1.807, 2.05) is 6.92 Å². The van der Waals surface area contributed by atoms with Gasteiger partial charge in [-0.3, -0.25) is 9.69 Å². The largest absolute Gasteiger partial charge is 0.342 e. The molecule has 0 aliphatic carbocycles. The van der Waals surface area contributed by atoms with Gasteiger partial charge < -0.3 is 9.42 Å². The number of hydrogen-bond acceptors (Lipinski definition) is 5. The minimum absolute atomic E-state index is 0.0785. The molecule has 0 radical (unpaired) electrons. The number of amides is 1. The summed E-state index contributed by atoms with van der Waals surface area (Å²) in [6.07, 6.45) is 5.11. The number of likely N-dealkylation sites (tertiary alicyclic amines) is 2. The minimum atomic E-state index is 0.0785. The predicted octanol–water partition coefficient (Wildman–Crippen LogP) is 2.66. The van der Waals surface area contributed by atoms with Crippen LogP contribution in [0.25, 0.3) is 0 Å². The lowest BCUT2D eigenvalue weighted by Crippen LogP contribution is -2.47. The van der Waals surface area contributed by atoms with Gasteiger partial charge in [0.2, 0.25) is 11.8 Å². The Morgan fingerprint density at radius 3 is 2.71 bits per heavy atom. The van der Waals surface area contributed by atoms with Crippen LogP contribution >= 0.6 is 0 Å². The average molecular weight is 334 g/mol. The van der Waals surface area contributed by atoms with Crippen LogP contribution in [0.5, 0.6) is 0 Å². The van der Waals surface area contributed by atoms with E-state index in [1.54, 1.807) is 0 Å². The van der Waals surface area contributed by atoms with Gasteiger partial charge >= 0.3 is 0 Å². The maximum Gasteiger partial charge on any atom is 0.243 e. The van der Waals surface area contributed by atoms with Crippen molar-refractivity contribution in [2.75, 3.05) is 26.2 Å². The van der Waals surface area contributed by atoms with Crippen molar-refractivity contribution in [3.05, 3.63) is 11.7 Å². The fourth-order valence-corrected chi connectivity index (χ4v) is 3.78. The van der Waals surface area contributed by atoms with Crippen LogP contribution < -0.4 is 0 Å². The summed E-state index contributed by atoms with van der Waals surface area (Å²) >= 11 is 0. The van der Waals surface area contributed by atoms with Crippen molar-refractivity contribution >= 4 is 5.91 Å². The van der Waals surface area contributed by atoms with E-state index in [9.17, 15) is 4.79 Å². The Hall–Kier alpha value is -1.43. The number of rotatable bonds is 4. The second kappa shape index (κ2) is 7.64. The van der Waals surface area contributed by atoms with Gasteiger partial charge in [0.05, 0.1) is 12.0 Å². The third-order valence-corrected chi connectivity index (χ3v) is 5.60. The molecule has 2 aliphatic rings. The maximum atomic E-state index is 12.9. The third-order valence-electron chi connectivity index (χ3n) is 5.60. The summed E-state index contributed by atoms with van der Waals surface area (Å²) in [4.78, 5) is 21.7. The summed E-state index contributed by atoms with van der Waals surface area (Å²) in [5, 5.41) is 4.00. The van der Waals surface area contributed by atoms with Crippen LogP contribution in [0.1, 0.15) is 64.2 Å². The molecule has 6 heteroatoms. The Balaban J connectivity index is 1.60. The Morgan fingerprint density at radius 1 is 1.29 bits per heavy atom. The van der Waals surface area contributed by atoms with Gasteiger partial charge in [0.1, 0.15) is 0 Å². The van der Waals surface area contributed by atoms with Gasteiger partial charge in [0.15, 0.2) is 5.82 Å². The molecule has 3 heterocycles. The molecule has 1 aromatic rings. The molecule has 134 valence electrons. The molecule has 0 spiro atoms. The summed E-state index contributed by atoms with van der Waals surface area (Å²) in [6, 6.07) is 0.0785. The molecule has 24 heavy (non-hydrogen) atoms. The topological polar surface area (TPSA) is 62.5 Å². The van der Waals surface area contributed by atoms with Gasteiger partial charge in [-0.15, -0.1) is 0 Å². The molecule has 2 fully saturated rings. The lowest BCUT2D eigenvalue weighted by molar-refractivity contribution is -0.139. The van der Waals surface area contributed by atoms with Crippen LogP contribution in [0.2, 0.25) is 0 Å². The third kappa shape index (κ3) is 3.79. The first-order valence-electron chi connectivity index (χ1n) is 9.43. The molecule has 2 aliphatic heterocycles. The standard InChI is InChI=1S/C18H30N4O2/c1-4-16-19-17(24-20-16)14(3)22-9-5-6-15(12-22)18(23)21-10-7-13(2)8-11-21/h13-15H,4-12H2,1-3H3/t14-,15-/m0/s1. The molecule has 0 bridgehead atoms. The van der Waals surface area contributed by atoms with E-state index >= 15 is 0 Å². The van der Waals surface area contributed by atoms with Crippen LogP contribution in [-0.4, -0.2) is 52.0 Å². The van der Waals surface area contributed by atoms with Crippen molar-refractivity contribution in [1.29, 1.82) is 0 Å². The average Bonchev–Trinajstić information content (AvgIpc) is 3.10. The Morgan fingerprint density at radius 2 is 2.04 bits per heavy atom.